The standard InChI is InChI=1S/C17H17ClN2O4/c1-2-3-9-24-14-6-4-5-13(11-14)19-17(21)12-7-8-15(18)16(10-12)20(22)23/h4-8,10-11H,2-3,9H2,1H3,(H,19,21). The maximum absolute atomic E-state index is 12.3. The lowest BCUT2D eigenvalue weighted by Crippen LogP contribution is -2.12. The van der Waals surface area contributed by atoms with E-state index in [0.29, 0.717) is 18.0 Å². The van der Waals surface area contributed by atoms with Gasteiger partial charge in [-0.15, -0.1) is 0 Å². The number of carbonyl (C=O) groups excluding carboxylic acids is 1. The molecular weight excluding hydrogens is 332 g/mol. The fourth-order valence-corrected chi connectivity index (χ4v) is 2.18. The highest BCUT2D eigenvalue weighted by molar-refractivity contribution is 6.32. The molecule has 0 aliphatic rings. The fourth-order valence-electron chi connectivity index (χ4n) is 2.00. The van der Waals surface area contributed by atoms with Crippen LogP contribution in [0.4, 0.5) is 11.4 Å². The molecule has 126 valence electrons. The van der Waals surface area contributed by atoms with Crippen molar-refractivity contribution in [3.8, 4) is 5.75 Å². The third-order valence-electron chi connectivity index (χ3n) is 3.26. The Bertz CT molecular complexity index is 749. The van der Waals surface area contributed by atoms with E-state index in [1.807, 2.05) is 0 Å². The van der Waals surface area contributed by atoms with Gasteiger partial charge in [-0.05, 0) is 30.7 Å². The van der Waals surface area contributed by atoms with Crippen molar-refractivity contribution in [2.75, 3.05) is 11.9 Å². The number of amides is 1. The molecular formula is C17H17ClN2O4. The predicted molar refractivity (Wildman–Crippen MR) is 92.9 cm³/mol. The molecule has 0 fully saturated rings. The Morgan fingerprint density at radius 3 is 2.79 bits per heavy atom. The highest BCUT2D eigenvalue weighted by Crippen LogP contribution is 2.26. The Morgan fingerprint density at radius 1 is 1.29 bits per heavy atom. The van der Waals surface area contributed by atoms with Gasteiger partial charge >= 0.3 is 0 Å². The Hall–Kier alpha value is -2.60. The van der Waals surface area contributed by atoms with Crippen LogP contribution in [0, 0.1) is 10.1 Å². The van der Waals surface area contributed by atoms with E-state index < -0.39 is 10.8 Å². The van der Waals surface area contributed by atoms with Gasteiger partial charge in [-0.2, -0.15) is 0 Å². The number of ether oxygens (including phenoxy) is 1. The maximum Gasteiger partial charge on any atom is 0.288 e. The molecule has 1 N–H and O–H groups in total. The molecule has 7 heteroatoms. The van der Waals surface area contributed by atoms with Crippen LogP contribution in [0.15, 0.2) is 42.5 Å². The number of nitro benzene ring substituents is 1. The minimum absolute atomic E-state index is 0.0112. The zero-order valence-electron chi connectivity index (χ0n) is 13.1. The van der Waals surface area contributed by atoms with E-state index in [2.05, 4.69) is 12.2 Å². The van der Waals surface area contributed by atoms with Crippen LogP contribution in [0.25, 0.3) is 0 Å². The molecule has 0 heterocycles. The molecule has 0 spiro atoms. The van der Waals surface area contributed by atoms with Gasteiger partial charge in [0.05, 0.1) is 11.5 Å². The molecule has 0 unspecified atom stereocenters. The van der Waals surface area contributed by atoms with Gasteiger partial charge in [0, 0.05) is 23.4 Å². The van der Waals surface area contributed by atoms with Crippen LogP contribution in [0.5, 0.6) is 5.75 Å². The molecule has 0 saturated heterocycles. The number of benzene rings is 2. The Kier molecular flexibility index (Phi) is 6.14. The summed E-state index contributed by atoms with van der Waals surface area (Å²) in [7, 11) is 0. The molecule has 1 amide bonds. The molecule has 0 aliphatic heterocycles. The van der Waals surface area contributed by atoms with Crippen molar-refractivity contribution >= 4 is 28.9 Å². The lowest BCUT2D eigenvalue weighted by Gasteiger charge is -2.09. The van der Waals surface area contributed by atoms with Gasteiger partial charge in [0.25, 0.3) is 11.6 Å². The summed E-state index contributed by atoms with van der Waals surface area (Å²) in [5.74, 6) is 0.198. The van der Waals surface area contributed by atoms with Gasteiger partial charge in [0.15, 0.2) is 0 Å². The fraction of sp³-hybridized carbons (Fsp3) is 0.235. The number of carbonyl (C=O) groups is 1. The number of anilines is 1. The van der Waals surface area contributed by atoms with E-state index in [0.717, 1.165) is 18.9 Å². The first kappa shape index (κ1) is 17.7. The minimum atomic E-state index is -0.624. The quantitative estimate of drug-likeness (QED) is 0.447. The maximum atomic E-state index is 12.3. The summed E-state index contributed by atoms with van der Waals surface area (Å²) >= 11 is 5.75. The summed E-state index contributed by atoms with van der Waals surface area (Å²) < 4.78 is 5.58. The topological polar surface area (TPSA) is 81.5 Å². The zero-order chi connectivity index (χ0) is 17.5. The van der Waals surface area contributed by atoms with Crippen molar-refractivity contribution in [1.29, 1.82) is 0 Å². The third kappa shape index (κ3) is 4.70. The van der Waals surface area contributed by atoms with Crippen LogP contribution >= 0.6 is 11.6 Å². The van der Waals surface area contributed by atoms with E-state index in [1.54, 1.807) is 24.3 Å². The van der Waals surface area contributed by atoms with Crippen molar-refractivity contribution in [2.24, 2.45) is 0 Å². The first-order valence-corrected chi connectivity index (χ1v) is 7.87. The molecule has 24 heavy (non-hydrogen) atoms. The van der Waals surface area contributed by atoms with Gasteiger partial charge in [-0.25, -0.2) is 0 Å². The number of unbranched alkanes of at least 4 members (excludes halogenated alkanes) is 1. The smallest absolute Gasteiger partial charge is 0.288 e. The van der Waals surface area contributed by atoms with Crippen molar-refractivity contribution in [3.05, 3.63) is 63.2 Å². The van der Waals surface area contributed by atoms with E-state index in [4.69, 9.17) is 16.3 Å². The molecule has 0 aliphatic carbocycles. The second kappa shape index (κ2) is 8.31. The average molecular weight is 349 g/mol. The van der Waals surface area contributed by atoms with Crippen LogP contribution in [-0.4, -0.2) is 17.4 Å². The first-order chi connectivity index (χ1) is 11.5. The number of hydrogen-bond acceptors (Lipinski definition) is 4. The average Bonchev–Trinajstić information content (AvgIpc) is 2.55. The highest BCUT2D eigenvalue weighted by Gasteiger charge is 2.16. The highest BCUT2D eigenvalue weighted by atomic mass is 35.5. The van der Waals surface area contributed by atoms with Gasteiger partial charge in [0.1, 0.15) is 10.8 Å². The van der Waals surface area contributed by atoms with Gasteiger partial charge in [0.2, 0.25) is 0 Å². The minimum Gasteiger partial charge on any atom is -0.494 e. The molecule has 6 nitrogen and oxygen atoms in total. The molecule has 0 aromatic heterocycles. The lowest BCUT2D eigenvalue weighted by atomic mass is 10.2. The number of halogens is 1. The SMILES string of the molecule is CCCCOc1cccc(NC(=O)c2ccc(Cl)c([N+](=O)[O-])c2)c1. The van der Waals surface area contributed by atoms with Gasteiger partial charge < -0.3 is 10.1 Å². The Morgan fingerprint density at radius 2 is 2.08 bits per heavy atom. The molecule has 0 bridgehead atoms. The monoisotopic (exact) mass is 348 g/mol. The second-order valence-electron chi connectivity index (χ2n) is 5.11. The van der Waals surface area contributed by atoms with Crippen LogP contribution in [0.1, 0.15) is 30.1 Å². The largest absolute Gasteiger partial charge is 0.494 e. The summed E-state index contributed by atoms with van der Waals surface area (Å²) in [5.41, 5.74) is 0.399. The first-order valence-electron chi connectivity index (χ1n) is 7.49. The van der Waals surface area contributed by atoms with Crippen LogP contribution in [0.3, 0.4) is 0 Å². The van der Waals surface area contributed by atoms with Crippen LogP contribution < -0.4 is 10.1 Å². The summed E-state index contributed by atoms with van der Waals surface area (Å²) in [4.78, 5) is 22.5. The number of nitrogens with zero attached hydrogens (tertiary/aromatic N) is 1. The molecule has 2 aromatic carbocycles. The lowest BCUT2D eigenvalue weighted by molar-refractivity contribution is -0.384. The van der Waals surface area contributed by atoms with E-state index >= 15 is 0 Å². The Labute approximate surface area is 144 Å². The van der Waals surface area contributed by atoms with E-state index in [1.165, 1.54) is 12.1 Å². The number of rotatable bonds is 7. The summed E-state index contributed by atoms with van der Waals surface area (Å²) in [6.07, 6.45) is 1.98. The van der Waals surface area contributed by atoms with Crippen molar-refractivity contribution in [2.45, 2.75) is 19.8 Å². The number of hydrogen-bond donors (Lipinski definition) is 1. The van der Waals surface area contributed by atoms with Crippen LogP contribution in [0.2, 0.25) is 5.02 Å². The summed E-state index contributed by atoms with van der Waals surface area (Å²) in [5, 5.41) is 13.6. The summed E-state index contributed by atoms with van der Waals surface area (Å²) in [6, 6.07) is 10.9. The number of nitro groups is 1. The van der Waals surface area contributed by atoms with Gasteiger partial charge in [-0.1, -0.05) is 31.0 Å². The normalized spacial score (nSPS) is 10.2. The summed E-state index contributed by atoms with van der Waals surface area (Å²) in [6.45, 7) is 2.68. The third-order valence-corrected chi connectivity index (χ3v) is 3.58. The van der Waals surface area contributed by atoms with Crippen LogP contribution in [-0.2, 0) is 0 Å². The van der Waals surface area contributed by atoms with Gasteiger partial charge in [-0.3, -0.25) is 14.9 Å². The molecule has 0 saturated carbocycles. The predicted octanol–water partition coefficient (Wildman–Crippen LogP) is 4.68. The van der Waals surface area contributed by atoms with Crippen molar-refractivity contribution < 1.29 is 14.5 Å². The molecule has 2 rings (SSSR count). The number of nitrogens with one attached hydrogen (secondary N) is 1. The van der Waals surface area contributed by atoms with E-state index in [9.17, 15) is 14.9 Å². The molecule has 0 radical (unpaired) electrons. The zero-order valence-corrected chi connectivity index (χ0v) is 13.9. The molecule has 2 aromatic rings. The second-order valence-corrected chi connectivity index (χ2v) is 5.51. The van der Waals surface area contributed by atoms with Crippen molar-refractivity contribution in [3.63, 3.8) is 0 Å². The molecule has 0 atom stereocenters. The van der Waals surface area contributed by atoms with Crippen molar-refractivity contribution in [1.82, 2.24) is 0 Å². The van der Waals surface area contributed by atoms with E-state index in [-0.39, 0.29) is 16.3 Å². The Balaban J connectivity index is 2.11.